The Labute approximate surface area is 66.9 Å². The van der Waals surface area contributed by atoms with Crippen molar-refractivity contribution in [3.8, 4) is 0 Å². The molecule has 0 bridgehead atoms. The minimum atomic E-state index is -2.87. The Morgan fingerprint density at radius 2 is 2.36 bits per heavy atom. The minimum Gasteiger partial charge on any atom is -0.309 e. The maximum Gasteiger partial charge on any atom is 0.354 e. The van der Waals surface area contributed by atoms with Crippen LogP contribution in [0.4, 0.5) is 0 Å². The minimum absolute atomic E-state index is 0.397. The molecule has 2 atom stereocenters. The van der Waals surface area contributed by atoms with Crippen molar-refractivity contribution in [1.82, 2.24) is 0 Å². The van der Waals surface area contributed by atoms with Crippen molar-refractivity contribution in [3.05, 3.63) is 11.9 Å². The van der Waals surface area contributed by atoms with Gasteiger partial charge in [-0.1, -0.05) is 6.92 Å². The molecule has 1 aliphatic rings. The quantitative estimate of drug-likeness (QED) is 0.606. The first-order valence-electron chi connectivity index (χ1n) is 3.60. The molecule has 1 heterocycles. The largest absolute Gasteiger partial charge is 0.354 e. The topological polar surface area (TPSA) is 35.5 Å². The van der Waals surface area contributed by atoms with Crippen molar-refractivity contribution < 1.29 is 13.6 Å². The van der Waals surface area contributed by atoms with Crippen LogP contribution in [0.1, 0.15) is 20.3 Å². The fourth-order valence-corrected chi connectivity index (χ4v) is 2.41. The van der Waals surface area contributed by atoms with Gasteiger partial charge in [0.05, 0.1) is 5.60 Å². The number of hydrogen-bond acceptors (Lipinski definition) is 3. The van der Waals surface area contributed by atoms with Gasteiger partial charge in [-0.3, -0.25) is 9.09 Å². The molecule has 3 nitrogen and oxygen atoms in total. The van der Waals surface area contributed by atoms with E-state index >= 15 is 0 Å². The molecule has 0 aliphatic carbocycles. The maximum absolute atomic E-state index is 11.4. The molecule has 0 aromatic heterocycles. The van der Waals surface area contributed by atoms with E-state index in [9.17, 15) is 4.57 Å². The van der Waals surface area contributed by atoms with Gasteiger partial charge >= 0.3 is 7.60 Å². The summed E-state index contributed by atoms with van der Waals surface area (Å²) < 4.78 is 21.4. The van der Waals surface area contributed by atoms with Crippen LogP contribution in [0, 0.1) is 0 Å². The summed E-state index contributed by atoms with van der Waals surface area (Å²) in [5.41, 5.74) is -0.397. The monoisotopic (exact) mass is 176 g/mol. The van der Waals surface area contributed by atoms with E-state index in [1.54, 1.807) is 6.08 Å². The molecule has 0 saturated carbocycles. The van der Waals surface area contributed by atoms with Gasteiger partial charge in [0.2, 0.25) is 0 Å². The molecule has 0 spiro atoms. The molecular weight excluding hydrogens is 163 g/mol. The zero-order chi connectivity index (χ0) is 8.54. The van der Waals surface area contributed by atoms with E-state index < -0.39 is 13.2 Å². The molecule has 0 N–H and O–H groups in total. The molecule has 0 radical (unpaired) electrons. The summed E-state index contributed by atoms with van der Waals surface area (Å²) in [6.45, 7) is 3.87. The highest BCUT2D eigenvalue weighted by Gasteiger charge is 2.37. The SMILES string of the molecule is CC[C@@]1(C)C=C[P@](=O)(OC)O1. The molecule has 11 heavy (non-hydrogen) atoms. The smallest absolute Gasteiger partial charge is 0.309 e. The Morgan fingerprint density at radius 1 is 1.73 bits per heavy atom. The average Bonchev–Trinajstić information content (AvgIpc) is 2.30. The first kappa shape index (κ1) is 8.98. The Hall–Kier alpha value is -0.110. The molecule has 0 aromatic rings. The van der Waals surface area contributed by atoms with Gasteiger partial charge < -0.3 is 4.52 Å². The summed E-state index contributed by atoms with van der Waals surface area (Å²) in [5, 5.41) is 0. The fourth-order valence-electron chi connectivity index (χ4n) is 0.881. The molecule has 0 fully saturated rings. The van der Waals surface area contributed by atoms with Crippen molar-refractivity contribution in [2.24, 2.45) is 0 Å². The lowest BCUT2D eigenvalue weighted by atomic mass is 10.1. The van der Waals surface area contributed by atoms with Crippen LogP contribution in [-0.2, 0) is 13.6 Å². The van der Waals surface area contributed by atoms with Gasteiger partial charge in [0.15, 0.2) is 0 Å². The Balaban J connectivity index is 2.77. The summed E-state index contributed by atoms with van der Waals surface area (Å²) in [7, 11) is -1.47. The van der Waals surface area contributed by atoms with E-state index in [1.807, 2.05) is 13.8 Å². The first-order chi connectivity index (χ1) is 5.04. The highest BCUT2D eigenvalue weighted by Crippen LogP contribution is 2.58. The Kier molecular flexibility index (Phi) is 2.24. The summed E-state index contributed by atoms with van der Waals surface area (Å²) in [5.74, 6) is 1.52. The van der Waals surface area contributed by atoms with Gasteiger partial charge in [-0.05, 0) is 19.4 Å². The Bertz CT molecular complexity index is 224. The molecule has 1 aliphatic heterocycles. The fraction of sp³-hybridized carbons (Fsp3) is 0.714. The number of hydrogen-bond donors (Lipinski definition) is 0. The number of rotatable bonds is 2. The van der Waals surface area contributed by atoms with Gasteiger partial charge in [-0.25, -0.2) is 0 Å². The molecule has 4 heteroatoms. The standard InChI is InChI=1S/C7H13O3P/c1-4-7(2)5-6-11(8,9-3)10-7/h5-6H,4H2,1-3H3/t7-,11-/m0/s1. The van der Waals surface area contributed by atoms with Crippen LogP contribution in [0.2, 0.25) is 0 Å². The molecular formula is C7H13O3P. The van der Waals surface area contributed by atoms with Crippen molar-refractivity contribution in [2.45, 2.75) is 25.9 Å². The van der Waals surface area contributed by atoms with E-state index in [4.69, 9.17) is 9.05 Å². The predicted octanol–water partition coefficient (Wildman–Crippen LogP) is 2.54. The zero-order valence-electron chi connectivity index (χ0n) is 7.03. The highest BCUT2D eigenvalue weighted by molar-refractivity contribution is 7.57. The van der Waals surface area contributed by atoms with Crippen LogP contribution in [0.15, 0.2) is 11.9 Å². The van der Waals surface area contributed by atoms with Crippen LogP contribution < -0.4 is 0 Å². The third kappa shape index (κ3) is 1.73. The summed E-state index contributed by atoms with van der Waals surface area (Å²) in [4.78, 5) is 0. The second-order valence-corrected chi connectivity index (χ2v) is 4.72. The van der Waals surface area contributed by atoms with E-state index in [0.29, 0.717) is 0 Å². The third-order valence-electron chi connectivity index (χ3n) is 1.90. The molecule has 0 amide bonds. The second-order valence-electron chi connectivity index (χ2n) is 2.80. The van der Waals surface area contributed by atoms with E-state index in [2.05, 4.69) is 0 Å². The van der Waals surface area contributed by atoms with Gasteiger partial charge in [0, 0.05) is 12.9 Å². The lowest BCUT2D eigenvalue weighted by Gasteiger charge is -2.20. The summed E-state index contributed by atoms with van der Waals surface area (Å²) in [6, 6.07) is 0. The van der Waals surface area contributed by atoms with Crippen molar-refractivity contribution in [2.75, 3.05) is 7.11 Å². The van der Waals surface area contributed by atoms with E-state index in [1.165, 1.54) is 12.9 Å². The van der Waals surface area contributed by atoms with Gasteiger partial charge in [-0.15, -0.1) is 0 Å². The molecule has 64 valence electrons. The summed E-state index contributed by atoms with van der Waals surface area (Å²) in [6.07, 6.45) is 2.61. The second kappa shape index (κ2) is 2.74. The normalized spacial score (nSPS) is 43.2. The predicted molar refractivity (Wildman–Crippen MR) is 43.5 cm³/mol. The first-order valence-corrected chi connectivity index (χ1v) is 5.21. The maximum atomic E-state index is 11.4. The molecule has 0 unspecified atom stereocenters. The van der Waals surface area contributed by atoms with E-state index in [-0.39, 0.29) is 0 Å². The average molecular weight is 176 g/mol. The lowest BCUT2D eigenvalue weighted by molar-refractivity contribution is 0.123. The van der Waals surface area contributed by atoms with Gasteiger partial charge in [0.25, 0.3) is 0 Å². The molecule has 1 rings (SSSR count). The Morgan fingerprint density at radius 3 is 2.64 bits per heavy atom. The van der Waals surface area contributed by atoms with Crippen molar-refractivity contribution in [1.29, 1.82) is 0 Å². The lowest BCUT2D eigenvalue weighted by Crippen LogP contribution is -2.19. The van der Waals surface area contributed by atoms with Crippen LogP contribution in [0.3, 0.4) is 0 Å². The summed E-state index contributed by atoms with van der Waals surface area (Å²) >= 11 is 0. The zero-order valence-corrected chi connectivity index (χ0v) is 7.93. The van der Waals surface area contributed by atoms with Crippen LogP contribution in [0.25, 0.3) is 0 Å². The van der Waals surface area contributed by atoms with E-state index in [0.717, 1.165) is 6.42 Å². The van der Waals surface area contributed by atoms with Gasteiger partial charge in [-0.2, -0.15) is 0 Å². The highest BCUT2D eigenvalue weighted by atomic mass is 31.2. The van der Waals surface area contributed by atoms with Crippen LogP contribution >= 0.6 is 7.60 Å². The molecule has 0 aromatic carbocycles. The van der Waals surface area contributed by atoms with Crippen molar-refractivity contribution >= 4 is 7.60 Å². The third-order valence-corrected chi connectivity index (χ3v) is 3.60. The van der Waals surface area contributed by atoms with Crippen molar-refractivity contribution in [3.63, 3.8) is 0 Å². The molecule has 0 saturated heterocycles. The van der Waals surface area contributed by atoms with Crippen LogP contribution in [0.5, 0.6) is 0 Å². The van der Waals surface area contributed by atoms with Crippen LogP contribution in [-0.4, -0.2) is 12.7 Å². The van der Waals surface area contributed by atoms with Gasteiger partial charge in [0.1, 0.15) is 0 Å².